The van der Waals surface area contributed by atoms with Gasteiger partial charge in [-0.3, -0.25) is 0 Å². The monoisotopic (exact) mass is 616 g/mol. The second-order valence-corrected chi connectivity index (χ2v) is 12.6. The number of rotatable bonds is 12. The Morgan fingerprint density at radius 2 is 0.609 bits per heavy atom. The second-order valence-electron chi connectivity index (χ2n) is 12.6. The summed E-state index contributed by atoms with van der Waals surface area (Å²) in [6.07, 6.45) is 0.713. The highest BCUT2D eigenvalue weighted by atomic mass is 16.6. The van der Waals surface area contributed by atoms with Crippen LogP contribution < -0.4 is 18.9 Å². The summed E-state index contributed by atoms with van der Waals surface area (Å²) in [5.74, 6) is 3.30. The van der Waals surface area contributed by atoms with Gasteiger partial charge >= 0.3 is 0 Å². The second kappa shape index (κ2) is 10.6. The summed E-state index contributed by atoms with van der Waals surface area (Å²) >= 11 is 0. The maximum Gasteiger partial charge on any atom is 0.120 e. The van der Waals surface area contributed by atoms with E-state index in [-0.39, 0.29) is 24.4 Å². The van der Waals surface area contributed by atoms with Crippen molar-refractivity contribution in [3.8, 4) is 23.0 Å². The van der Waals surface area contributed by atoms with Crippen LogP contribution in [0.3, 0.4) is 0 Å². The predicted octanol–water partition coefficient (Wildman–Crippen LogP) is 6.56. The smallest absolute Gasteiger partial charge is 0.120 e. The predicted molar refractivity (Wildman–Crippen MR) is 175 cm³/mol. The van der Waals surface area contributed by atoms with Gasteiger partial charge in [0, 0.05) is 0 Å². The van der Waals surface area contributed by atoms with Gasteiger partial charge in [-0.1, -0.05) is 24.3 Å². The fraction of sp³-hybridized carbons (Fsp3) is 0.316. The summed E-state index contributed by atoms with van der Waals surface area (Å²) in [7, 11) is 0. The molecule has 6 aromatic rings. The van der Waals surface area contributed by atoms with Gasteiger partial charge in [-0.2, -0.15) is 0 Å². The van der Waals surface area contributed by atoms with Crippen molar-refractivity contribution >= 4 is 53.9 Å². The fourth-order valence-electron chi connectivity index (χ4n) is 6.46. The van der Waals surface area contributed by atoms with Crippen LogP contribution in [0.4, 0.5) is 0 Å². The highest BCUT2D eigenvalue weighted by Gasteiger charge is 2.26. The van der Waals surface area contributed by atoms with E-state index in [9.17, 15) is 0 Å². The van der Waals surface area contributed by atoms with Gasteiger partial charge in [0.05, 0.1) is 26.4 Å². The van der Waals surface area contributed by atoms with Gasteiger partial charge in [0.1, 0.15) is 73.8 Å². The van der Waals surface area contributed by atoms with Crippen LogP contribution in [-0.2, 0) is 18.9 Å². The molecule has 4 aliphatic rings. The molecular weight excluding hydrogens is 584 g/mol. The van der Waals surface area contributed by atoms with Crippen LogP contribution in [0, 0.1) is 0 Å². The van der Waals surface area contributed by atoms with Crippen LogP contribution >= 0.6 is 0 Å². The number of fused-ring (bicyclic) bond motifs is 11. The van der Waals surface area contributed by atoms with E-state index in [0.717, 1.165) is 92.5 Å². The van der Waals surface area contributed by atoms with E-state index in [1.165, 1.54) is 10.8 Å². The number of hydrogen-bond donors (Lipinski definition) is 0. The molecule has 0 bridgehead atoms. The van der Waals surface area contributed by atoms with Gasteiger partial charge in [0.25, 0.3) is 0 Å². The van der Waals surface area contributed by atoms with Crippen molar-refractivity contribution in [3.05, 3.63) is 72.8 Å². The van der Waals surface area contributed by atoms with Crippen LogP contribution in [0.15, 0.2) is 72.8 Å². The maximum absolute atomic E-state index is 6.18. The van der Waals surface area contributed by atoms with Gasteiger partial charge in [-0.25, -0.2) is 0 Å². The first-order valence-electron chi connectivity index (χ1n) is 16.0. The summed E-state index contributed by atoms with van der Waals surface area (Å²) in [4.78, 5) is 0. The summed E-state index contributed by atoms with van der Waals surface area (Å²) in [6.45, 7) is 5.22. The van der Waals surface area contributed by atoms with E-state index in [4.69, 9.17) is 37.9 Å². The third-order valence-electron chi connectivity index (χ3n) is 9.22. The molecule has 4 atom stereocenters. The average Bonchev–Trinajstić information content (AvgIpc) is 3.90. The van der Waals surface area contributed by atoms with Crippen molar-refractivity contribution < 1.29 is 37.9 Å². The van der Waals surface area contributed by atoms with E-state index in [0.29, 0.717) is 26.4 Å². The molecule has 6 aromatic carbocycles. The first-order valence-corrected chi connectivity index (χ1v) is 16.0. The van der Waals surface area contributed by atoms with Crippen molar-refractivity contribution in [2.45, 2.75) is 24.4 Å². The molecule has 4 unspecified atom stereocenters. The largest absolute Gasteiger partial charge is 0.491 e. The maximum atomic E-state index is 6.18. The van der Waals surface area contributed by atoms with Crippen LogP contribution in [0.2, 0.25) is 0 Å². The van der Waals surface area contributed by atoms with E-state index in [1.54, 1.807) is 0 Å². The van der Waals surface area contributed by atoms with Gasteiger partial charge in [-0.05, 0) is 102 Å². The van der Waals surface area contributed by atoms with Crippen LogP contribution in [0.5, 0.6) is 23.0 Å². The minimum atomic E-state index is 0.178. The Labute approximate surface area is 264 Å². The van der Waals surface area contributed by atoms with Crippen LogP contribution in [0.1, 0.15) is 0 Å². The topological polar surface area (TPSA) is 87.0 Å². The molecule has 4 heterocycles. The van der Waals surface area contributed by atoms with Crippen molar-refractivity contribution in [2.75, 3.05) is 52.9 Å². The lowest BCUT2D eigenvalue weighted by Gasteiger charge is -2.19. The van der Waals surface area contributed by atoms with Gasteiger partial charge in [-0.15, -0.1) is 0 Å². The summed E-state index contributed by atoms with van der Waals surface area (Å²) < 4.78 is 46.3. The molecule has 46 heavy (non-hydrogen) atoms. The number of hydrogen-bond acceptors (Lipinski definition) is 8. The molecule has 0 N–H and O–H groups in total. The van der Waals surface area contributed by atoms with Crippen LogP contribution in [-0.4, -0.2) is 77.3 Å². The summed E-state index contributed by atoms with van der Waals surface area (Å²) in [6, 6.07) is 25.7. The third kappa shape index (κ3) is 5.11. The molecule has 4 saturated heterocycles. The Bertz CT molecular complexity index is 1860. The number of epoxide rings is 4. The van der Waals surface area contributed by atoms with E-state index >= 15 is 0 Å². The molecule has 10 rings (SSSR count). The lowest BCUT2D eigenvalue weighted by atomic mass is 9.87. The van der Waals surface area contributed by atoms with E-state index in [2.05, 4.69) is 72.8 Å². The molecule has 0 amide bonds. The van der Waals surface area contributed by atoms with Gasteiger partial charge in [0.2, 0.25) is 0 Å². The normalized spacial score (nSPS) is 22.9. The Hall–Kier alpha value is -4.34. The summed E-state index contributed by atoms with van der Waals surface area (Å²) in [5.41, 5.74) is 0. The van der Waals surface area contributed by atoms with Crippen molar-refractivity contribution in [3.63, 3.8) is 0 Å². The SMILES string of the molecule is c1cc2c(cc1OCC1CO1)c1cc(OCC3CO3)ccc1c1c3ccc(OCC4CO4)cc3c3cc(OCC4CO4)ccc3c21. The molecule has 0 saturated carbocycles. The number of ether oxygens (including phenoxy) is 8. The van der Waals surface area contributed by atoms with Gasteiger partial charge in [0.15, 0.2) is 0 Å². The minimum absolute atomic E-state index is 0.178. The number of benzene rings is 6. The van der Waals surface area contributed by atoms with Gasteiger partial charge < -0.3 is 37.9 Å². The first-order chi connectivity index (χ1) is 22.7. The lowest BCUT2D eigenvalue weighted by molar-refractivity contribution is 0.263. The van der Waals surface area contributed by atoms with E-state index in [1.807, 2.05) is 0 Å². The zero-order chi connectivity index (χ0) is 30.2. The molecule has 0 aliphatic carbocycles. The average molecular weight is 617 g/mol. The molecule has 232 valence electrons. The Morgan fingerprint density at radius 1 is 0.370 bits per heavy atom. The molecule has 8 heteroatoms. The van der Waals surface area contributed by atoms with Crippen LogP contribution in [0.25, 0.3) is 53.9 Å². The molecule has 8 nitrogen and oxygen atoms in total. The first kappa shape index (κ1) is 26.8. The zero-order valence-corrected chi connectivity index (χ0v) is 25.2. The molecular formula is C38H32O8. The molecule has 0 radical (unpaired) electrons. The lowest BCUT2D eigenvalue weighted by Crippen LogP contribution is -2.04. The Morgan fingerprint density at radius 3 is 0.826 bits per heavy atom. The molecule has 4 aliphatic heterocycles. The third-order valence-corrected chi connectivity index (χ3v) is 9.22. The molecule has 4 fully saturated rings. The molecule has 0 spiro atoms. The zero-order valence-electron chi connectivity index (χ0n) is 25.2. The van der Waals surface area contributed by atoms with Crippen molar-refractivity contribution in [1.29, 1.82) is 0 Å². The Kier molecular flexibility index (Phi) is 6.19. The highest BCUT2D eigenvalue weighted by Crippen LogP contribution is 2.46. The fourth-order valence-corrected chi connectivity index (χ4v) is 6.46. The van der Waals surface area contributed by atoms with Crippen molar-refractivity contribution in [1.82, 2.24) is 0 Å². The Balaban J connectivity index is 1.23. The standard InChI is InChI=1S/C38H32O8/c1-5-29-33(9-21(1)39-13-25-17-43-25)34-10-22(40-14-26-18-44-26)3-7-31(34)38-32-8-4-24(42-16-28-20-46-28)12-36(32)35-11-23(41-15-27-19-45-27)2-6-30(35)37(29)38/h1-12,25-28H,13-20H2. The van der Waals surface area contributed by atoms with E-state index < -0.39 is 0 Å². The minimum Gasteiger partial charge on any atom is -0.491 e. The van der Waals surface area contributed by atoms with Crippen molar-refractivity contribution in [2.24, 2.45) is 0 Å². The highest BCUT2D eigenvalue weighted by molar-refractivity contribution is 6.39. The molecule has 0 aromatic heterocycles. The summed E-state index contributed by atoms with van der Waals surface area (Å²) in [5, 5.41) is 11.4. The quantitative estimate of drug-likeness (QED) is 0.113.